The number of carbonyl (C=O) groups is 2. The van der Waals surface area contributed by atoms with Gasteiger partial charge in [0.25, 0.3) is 0 Å². The Morgan fingerprint density at radius 2 is 1.86 bits per heavy atom. The molecule has 0 amide bonds. The van der Waals surface area contributed by atoms with Gasteiger partial charge in [-0.25, -0.2) is 9.59 Å². The van der Waals surface area contributed by atoms with Crippen LogP contribution in [0.5, 0.6) is 0 Å². The zero-order valence-corrected chi connectivity index (χ0v) is 22.0. The Kier molecular flexibility index (Phi) is 5.00. The van der Waals surface area contributed by atoms with E-state index < -0.39 is 16.8 Å². The summed E-state index contributed by atoms with van der Waals surface area (Å²) in [6, 6.07) is 0. The van der Waals surface area contributed by atoms with Crippen LogP contribution < -0.4 is 0 Å². The first-order chi connectivity index (χ1) is 16.8. The monoisotopic (exact) mass is 494 g/mol. The predicted octanol–water partition coefficient (Wildman–Crippen LogP) is 4.58. The Morgan fingerprint density at radius 3 is 2.58 bits per heavy atom. The molecular weight excluding hydrogens is 456 g/mol. The largest absolute Gasteiger partial charge is 0.458 e. The zero-order valence-electron chi connectivity index (χ0n) is 22.0. The number of hydrogen-bond donors (Lipinski definition) is 1. The number of aliphatic hydroxyl groups is 1. The van der Waals surface area contributed by atoms with Crippen molar-refractivity contribution in [1.29, 1.82) is 0 Å². The lowest BCUT2D eigenvalue weighted by Crippen LogP contribution is -2.47. The molecule has 0 bridgehead atoms. The molecule has 0 aromatic heterocycles. The van der Waals surface area contributed by atoms with Crippen LogP contribution in [0.4, 0.5) is 0 Å². The molecule has 6 nitrogen and oxygen atoms in total. The van der Waals surface area contributed by atoms with Gasteiger partial charge in [-0.1, -0.05) is 32.6 Å². The van der Waals surface area contributed by atoms with Crippen LogP contribution in [0.1, 0.15) is 66.7 Å². The average Bonchev–Trinajstić information content (AvgIpc) is 3.51. The molecule has 3 heterocycles. The number of rotatable bonds is 2. The highest BCUT2D eigenvalue weighted by atomic mass is 16.6. The lowest BCUT2D eigenvalue weighted by atomic mass is 9.61. The van der Waals surface area contributed by atoms with E-state index in [9.17, 15) is 14.7 Å². The van der Waals surface area contributed by atoms with Crippen LogP contribution >= 0.6 is 0 Å². The number of hydrogen-bond acceptors (Lipinski definition) is 6. The lowest BCUT2D eigenvalue weighted by Gasteiger charge is -2.44. The average molecular weight is 495 g/mol. The molecule has 0 radical (unpaired) electrons. The van der Waals surface area contributed by atoms with Crippen LogP contribution in [0.2, 0.25) is 0 Å². The molecule has 9 atom stereocenters. The minimum atomic E-state index is -1.01. The molecule has 0 aromatic rings. The Bertz CT molecular complexity index is 1140. The second-order valence-corrected chi connectivity index (χ2v) is 12.9. The predicted molar refractivity (Wildman–Crippen MR) is 134 cm³/mol. The van der Waals surface area contributed by atoms with Crippen LogP contribution in [0.15, 0.2) is 47.6 Å². The van der Waals surface area contributed by atoms with Gasteiger partial charge in [0.05, 0.1) is 5.60 Å². The van der Waals surface area contributed by atoms with Crippen molar-refractivity contribution >= 4 is 11.9 Å². The SMILES string of the molecule is C=C1C([C@@H](C)[C@H]2CC=C(C)C(=O)O2)=CC[C@]2(C)[C@H]1C[C@]1(O)[C@H]3O[C@@]34C=CC(=O)OC(C)(C)[C@@H]4CC[C@@H]21. The Balaban J connectivity index is 1.31. The molecule has 2 saturated carbocycles. The molecule has 6 heteroatoms. The van der Waals surface area contributed by atoms with Gasteiger partial charge >= 0.3 is 11.9 Å². The van der Waals surface area contributed by atoms with Crippen molar-refractivity contribution in [3.05, 3.63) is 47.6 Å². The van der Waals surface area contributed by atoms with Gasteiger partial charge in [0, 0.05) is 29.9 Å². The van der Waals surface area contributed by atoms with Crippen LogP contribution in [0.3, 0.4) is 0 Å². The maximum atomic E-state index is 12.4. The minimum absolute atomic E-state index is 0.00945. The third kappa shape index (κ3) is 3.10. The summed E-state index contributed by atoms with van der Waals surface area (Å²) in [5.41, 5.74) is 0.385. The number of fused-ring (bicyclic) bond motifs is 4. The summed E-state index contributed by atoms with van der Waals surface area (Å²) in [4.78, 5) is 24.5. The van der Waals surface area contributed by atoms with Crippen molar-refractivity contribution in [2.24, 2.45) is 29.1 Å². The second kappa shape index (κ2) is 7.44. The topological polar surface area (TPSA) is 85.4 Å². The van der Waals surface area contributed by atoms with Gasteiger partial charge in [-0.3, -0.25) is 0 Å². The molecule has 6 aliphatic rings. The summed E-state index contributed by atoms with van der Waals surface area (Å²) in [5, 5.41) is 12.4. The van der Waals surface area contributed by atoms with Crippen LogP contribution in [0.25, 0.3) is 0 Å². The van der Waals surface area contributed by atoms with Gasteiger partial charge in [0.1, 0.15) is 23.4 Å². The molecule has 3 fully saturated rings. The van der Waals surface area contributed by atoms with Gasteiger partial charge in [0.15, 0.2) is 0 Å². The lowest BCUT2D eigenvalue weighted by molar-refractivity contribution is -0.156. The molecule has 6 rings (SSSR count). The fourth-order valence-electron chi connectivity index (χ4n) is 8.68. The van der Waals surface area contributed by atoms with Crippen LogP contribution in [-0.2, 0) is 23.8 Å². The summed E-state index contributed by atoms with van der Waals surface area (Å²) in [6.07, 6.45) is 10.8. The third-order valence-corrected chi connectivity index (χ3v) is 10.7. The fourth-order valence-corrected chi connectivity index (χ4v) is 8.68. The summed E-state index contributed by atoms with van der Waals surface area (Å²) in [7, 11) is 0. The Labute approximate surface area is 213 Å². The molecule has 0 aromatic carbocycles. The normalized spacial score (nSPS) is 47.5. The summed E-state index contributed by atoms with van der Waals surface area (Å²) in [5.74, 6) is -0.395. The number of esters is 2. The van der Waals surface area contributed by atoms with E-state index in [1.54, 1.807) is 6.92 Å². The van der Waals surface area contributed by atoms with E-state index in [1.165, 1.54) is 6.08 Å². The van der Waals surface area contributed by atoms with E-state index in [2.05, 4.69) is 26.5 Å². The van der Waals surface area contributed by atoms with E-state index in [4.69, 9.17) is 14.2 Å². The highest BCUT2D eigenvalue weighted by Gasteiger charge is 2.78. The summed E-state index contributed by atoms with van der Waals surface area (Å²) in [6.45, 7) is 14.7. The maximum absolute atomic E-state index is 12.4. The van der Waals surface area contributed by atoms with Gasteiger partial charge in [0.2, 0.25) is 0 Å². The summed E-state index contributed by atoms with van der Waals surface area (Å²) >= 11 is 0. The number of cyclic esters (lactones) is 2. The van der Waals surface area contributed by atoms with E-state index in [0.29, 0.717) is 18.4 Å². The zero-order chi connectivity index (χ0) is 25.8. The quantitative estimate of drug-likeness (QED) is 0.447. The van der Waals surface area contributed by atoms with Crippen LogP contribution in [0, 0.1) is 29.1 Å². The summed E-state index contributed by atoms with van der Waals surface area (Å²) < 4.78 is 18.0. The second-order valence-electron chi connectivity index (χ2n) is 12.9. The van der Waals surface area contributed by atoms with E-state index in [-0.39, 0.29) is 53.2 Å². The minimum Gasteiger partial charge on any atom is -0.458 e. The molecule has 1 saturated heterocycles. The Morgan fingerprint density at radius 1 is 1.14 bits per heavy atom. The molecule has 3 aliphatic heterocycles. The molecular formula is C30H38O6. The first-order valence-corrected chi connectivity index (χ1v) is 13.4. The van der Waals surface area contributed by atoms with Gasteiger partial charge in [-0.15, -0.1) is 0 Å². The third-order valence-electron chi connectivity index (χ3n) is 10.7. The van der Waals surface area contributed by atoms with Crippen molar-refractivity contribution in [1.82, 2.24) is 0 Å². The molecule has 1 N–H and O–H groups in total. The number of ether oxygens (including phenoxy) is 3. The van der Waals surface area contributed by atoms with Crippen molar-refractivity contribution < 1.29 is 28.9 Å². The van der Waals surface area contributed by atoms with Gasteiger partial charge < -0.3 is 19.3 Å². The molecule has 0 unspecified atom stereocenters. The van der Waals surface area contributed by atoms with Crippen LogP contribution in [-0.4, -0.2) is 46.1 Å². The molecule has 194 valence electrons. The number of allylic oxidation sites excluding steroid dienone is 2. The fraction of sp³-hybridized carbons (Fsp3) is 0.667. The standard InChI is InChI=1S/C30H38O6/c1-16-7-8-21(34-25(16)32)18(3)19-11-13-28(6)20(17(19)2)15-29(33)23(28)10-9-22-27(4,5)35-24(31)12-14-30(22)26(29)36-30/h7,11-12,14,18,20-23,26,33H,2,8-10,13,15H2,1,3-6H3/t18-,20+,21-,22+,23+,26-,28-,29-,30-/m1/s1. The highest BCUT2D eigenvalue weighted by Crippen LogP contribution is 2.70. The number of epoxide rings is 1. The first kappa shape index (κ1) is 24.2. The van der Waals surface area contributed by atoms with Crippen molar-refractivity contribution in [3.63, 3.8) is 0 Å². The number of carbonyl (C=O) groups excluding carboxylic acids is 2. The molecule has 1 spiro atoms. The van der Waals surface area contributed by atoms with Gasteiger partial charge in [-0.2, -0.15) is 0 Å². The van der Waals surface area contributed by atoms with Gasteiger partial charge in [-0.05, 0) is 80.9 Å². The highest BCUT2D eigenvalue weighted by molar-refractivity contribution is 5.88. The smallest absolute Gasteiger partial charge is 0.333 e. The molecule has 36 heavy (non-hydrogen) atoms. The van der Waals surface area contributed by atoms with E-state index in [1.807, 2.05) is 26.0 Å². The van der Waals surface area contributed by atoms with Crippen molar-refractivity contribution in [3.8, 4) is 0 Å². The van der Waals surface area contributed by atoms with E-state index >= 15 is 0 Å². The first-order valence-electron chi connectivity index (χ1n) is 13.4. The van der Waals surface area contributed by atoms with E-state index in [0.717, 1.165) is 30.4 Å². The Hall–Kier alpha value is -2.18. The van der Waals surface area contributed by atoms with Crippen molar-refractivity contribution in [2.75, 3.05) is 0 Å². The molecule has 3 aliphatic carbocycles. The van der Waals surface area contributed by atoms with Crippen molar-refractivity contribution in [2.45, 2.75) is 95.7 Å². The maximum Gasteiger partial charge on any atom is 0.333 e.